The van der Waals surface area contributed by atoms with Crippen LogP contribution in [-0.2, 0) is 0 Å². The summed E-state index contributed by atoms with van der Waals surface area (Å²) in [7, 11) is 0. The molecule has 0 atom stereocenters. The predicted molar refractivity (Wildman–Crippen MR) is 80.3 cm³/mol. The second kappa shape index (κ2) is 6.04. The number of rotatable bonds is 3. The van der Waals surface area contributed by atoms with Crippen LogP contribution in [0.25, 0.3) is 0 Å². The molecule has 4 nitrogen and oxygen atoms in total. The third kappa shape index (κ3) is 3.94. The van der Waals surface area contributed by atoms with Crippen LogP contribution in [0.3, 0.4) is 0 Å². The molecule has 2 aromatic rings. The van der Waals surface area contributed by atoms with E-state index in [4.69, 9.17) is 11.6 Å². The van der Waals surface area contributed by atoms with Gasteiger partial charge in [-0.1, -0.05) is 25.4 Å². The summed E-state index contributed by atoms with van der Waals surface area (Å²) >= 11 is 7.19. The lowest BCUT2D eigenvalue weighted by Gasteiger charge is -2.05. The number of nitrogens with one attached hydrogen (secondary N) is 2. The van der Waals surface area contributed by atoms with E-state index in [0.29, 0.717) is 21.8 Å². The first-order valence-corrected chi connectivity index (χ1v) is 7.09. The summed E-state index contributed by atoms with van der Waals surface area (Å²) in [4.78, 5) is 16.1. The van der Waals surface area contributed by atoms with Crippen LogP contribution in [0.1, 0.15) is 25.5 Å². The molecule has 0 aliphatic carbocycles. The van der Waals surface area contributed by atoms with Crippen molar-refractivity contribution in [2.75, 3.05) is 10.6 Å². The number of aromatic nitrogens is 1. The average Bonchev–Trinajstić information content (AvgIpc) is 2.80. The van der Waals surface area contributed by atoms with E-state index in [9.17, 15) is 4.79 Å². The number of halogens is 1. The van der Waals surface area contributed by atoms with Gasteiger partial charge in [-0.25, -0.2) is 9.78 Å². The van der Waals surface area contributed by atoms with Crippen molar-refractivity contribution in [2.24, 2.45) is 0 Å². The molecule has 19 heavy (non-hydrogen) atoms. The maximum atomic E-state index is 11.8. The molecule has 0 aliphatic heterocycles. The smallest absolute Gasteiger partial charge is 0.308 e. The zero-order valence-electron chi connectivity index (χ0n) is 10.6. The monoisotopic (exact) mass is 295 g/mol. The number of hydrogen-bond donors (Lipinski definition) is 2. The van der Waals surface area contributed by atoms with Crippen molar-refractivity contribution in [3.8, 4) is 0 Å². The van der Waals surface area contributed by atoms with E-state index in [0.717, 1.165) is 5.69 Å². The molecule has 1 aromatic carbocycles. The Morgan fingerprint density at radius 3 is 2.53 bits per heavy atom. The lowest BCUT2D eigenvalue weighted by Crippen LogP contribution is -2.19. The van der Waals surface area contributed by atoms with Crippen LogP contribution in [0.4, 0.5) is 15.6 Å². The molecule has 0 saturated carbocycles. The van der Waals surface area contributed by atoms with Gasteiger partial charge in [0.1, 0.15) is 0 Å². The number of hydrogen-bond acceptors (Lipinski definition) is 3. The fraction of sp³-hybridized carbons (Fsp3) is 0.231. The highest BCUT2D eigenvalue weighted by atomic mass is 35.5. The van der Waals surface area contributed by atoms with Crippen LogP contribution in [0, 0.1) is 0 Å². The number of benzene rings is 1. The first-order chi connectivity index (χ1) is 9.04. The van der Waals surface area contributed by atoms with Crippen molar-refractivity contribution in [1.29, 1.82) is 0 Å². The number of carbonyl (C=O) groups excluding carboxylic acids is 1. The molecule has 0 bridgehead atoms. The molecule has 0 spiro atoms. The third-order valence-corrected chi connectivity index (χ3v) is 3.46. The molecule has 0 saturated heterocycles. The van der Waals surface area contributed by atoms with Crippen LogP contribution in [0.2, 0.25) is 5.02 Å². The van der Waals surface area contributed by atoms with Gasteiger partial charge in [0.2, 0.25) is 0 Å². The minimum Gasteiger partial charge on any atom is -0.308 e. The lowest BCUT2D eigenvalue weighted by molar-refractivity contribution is 0.262. The number of anilines is 2. The summed E-state index contributed by atoms with van der Waals surface area (Å²) in [6, 6.07) is 6.61. The van der Waals surface area contributed by atoms with E-state index < -0.39 is 0 Å². The lowest BCUT2D eigenvalue weighted by atomic mass is 10.2. The van der Waals surface area contributed by atoms with Gasteiger partial charge in [0.05, 0.1) is 5.69 Å². The molecule has 100 valence electrons. The SMILES string of the molecule is CC(C)c1csc(NC(=O)Nc2ccc(Cl)cc2)n1. The van der Waals surface area contributed by atoms with Gasteiger partial charge in [-0.3, -0.25) is 5.32 Å². The molecular formula is C13H14ClN3OS. The molecule has 0 fully saturated rings. The van der Waals surface area contributed by atoms with Gasteiger partial charge in [-0.2, -0.15) is 0 Å². The minimum absolute atomic E-state index is 0.313. The normalized spacial score (nSPS) is 10.5. The highest BCUT2D eigenvalue weighted by Gasteiger charge is 2.08. The quantitative estimate of drug-likeness (QED) is 0.872. The Kier molecular flexibility index (Phi) is 4.39. The fourth-order valence-corrected chi connectivity index (χ4v) is 2.39. The van der Waals surface area contributed by atoms with Gasteiger partial charge < -0.3 is 5.32 Å². The zero-order valence-corrected chi connectivity index (χ0v) is 12.2. The third-order valence-electron chi connectivity index (χ3n) is 2.44. The van der Waals surface area contributed by atoms with Crippen LogP contribution in [0.15, 0.2) is 29.6 Å². The second-order valence-electron chi connectivity index (χ2n) is 4.32. The molecule has 0 aliphatic rings. The maximum absolute atomic E-state index is 11.8. The summed E-state index contributed by atoms with van der Waals surface area (Å²) in [6.07, 6.45) is 0. The minimum atomic E-state index is -0.313. The Morgan fingerprint density at radius 2 is 1.95 bits per heavy atom. The molecule has 6 heteroatoms. The summed E-state index contributed by atoms with van der Waals surface area (Å²) in [6.45, 7) is 4.12. The molecule has 2 rings (SSSR count). The standard InChI is InChI=1S/C13H14ClN3OS/c1-8(2)11-7-19-13(16-11)17-12(18)15-10-5-3-9(14)4-6-10/h3-8H,1-2H3,(H2,15,16,17,18). The maximum Gasteiger partial charge on any atom is 0.325 e. The number of carbonyl (C=O) groups is 1. The van der Waals surface area contributed by atoms with Crippen molar-refractivity contribution in [1.82, 2.24) is 4.98 Å². The van der Waals surface area contributed by atoms with Gasteiger partial charge in [0, 0.05) is 16.1 Å². The van der Waals surface area contributed by atoms with E-state index >= 15 is 0 Å². The van der Waals surface area contributed by atoms with Crippen LogP contribution in [-0.4, -0.2) is 11.0 Å². The average molecular weight is 296 g/mol. The molecule has 0 radical (unpaired) electrons. The number of nitrogens with zero attached hydrogens (tertiary/aromatic N) is 1. The van der Waals surface area contributed by atoms with Gasteiger partial charge >= 0.3 is 6.03 Å². The van der Waals surface area contributed by atoms with Crippen molar-refractivity contribution < 1.29 is 4.79 Å². The Labute approximate surface area is 120 Å². The van der Waals surface area contributed by atoms with Crippen LogP contribution >= 0.6 is 22.9 Å². The van der Waals surface area contributed by atoms with Crippen LogP contribution < -0.4 is 10.6 Å². The predicted octanol–water partition coefficient (Wildman–Crippen LogP) is 4.56. The Hall–Kier alpha value is -1.59. The Morgan fingerprint density at radius 1 is 1.26 bits per heavy atom. The first kappa shape index (κ1) is 13.8. The highest BCUT2D eigenvalue weighted by Crippen LogP contribution is 2.21. The van der Waals surface area contributed by atoms with E-state index in [-0.39, 0.29) is 6.03 Å². The van der Waals surface area contributed by atoms with Crippen molar-refractivity contribution in [2.45, 2.75) is 19.8 Å². The number of urea groups is 1. The molecule has 2 N–H and O–H groups in total. The van der Waals surface area contributed by atoms with Crippen LogP contribution in [0.5, 0.6) is 0 Å². The molecule has 1 aromatic heterocycles. The molecule has 2 amide bonds. The van der Waals surface area contributed by atoms with E-state index in [1.165, 1.54) is 11.3 Å². The zero-order chi connectivity index (χ0) is 13.8. The van der Waals surface area contributed by atoms with Crippen molar-refractivity contribution in [3.63, 3.8) is 0 Å². The summed E-state index contributed by atoms with van der Waals surface area (Å²) in [5.74, 6) is 0.353. The van der Waals surface area contributed by atoms with E-state index in [2.05, 4.69) is 29.5 Å². The van der Waals surface area contributed by atoms with Crippen molar-refractivity contribution in [3.05, 3.63) is 40.4 Å². The summed E-state index contributed by atoms with van der Waals surface area (Å²) in [5, 5.41) is 8.59. The van der Waals surface area contributed by atoms with Gasteiger partial charge in [-0.05, 0) is 30.2 Å². The molecular weight excluding hydrogens is 282 g/mol. The highest BCUT2D eigenvalue weighted by molar-refractivity contribution is 7.13. The Balaban J connectivity index is 1.95. The molecule has 1 heterocycles. The number of thiazole rings is 1. The summed E-state index contributed by atoms with van der Waals surface area (Å²) in [5.41, 5.74) is 1.66. The van der Waals surface area contributed by atoms with Gasteiger partial charge in [0.15, 0.2) is 5.13 Å². The largest absolute Gasteiger partial charge is 0.325 e. The van der Waals surface area contributed by atoms with Gasteiger partial charge in [-0.15, -0.1) is 11.3 Å². The second-order valence-corrected chi connectivity index (χ2v) is 5.61. The number of amides is 2. The Bertz CT molecular complexity index is 566. The first-order valence-electron chi connectivity index (χ1n) is 5.83. The summed E-state index contributed by atoms with van der Waals surface area (Å²) < 4.78 is 0. The fourth-order valence-electron chi connectivity index (χ4n) is 1.40. The van der Waals surface area contributed by atoms with E-state index in [1.54, 1.807) is 24.3 Å². The van der Waals surface area contributed by atoms with Gasteiger partial charge in [0.25, 0.3) is 0 Å². The topological polar surface area (TPSA) is 54.0 Å². The molecule has 0 unspecified atom stereocenters. The van der Waals surface area contributed by atoms with Crippen molar-refractivity contribution >= 4 is 39.8 Å². The van der Waals surface area contributed by atoms with E-state index in [1.807, 2.05) is 5.38 Å².